The van der Waals surface area contributed by atoms with Gasteiger partial charge in [0.25, 0.3) is 0 Å². The van der Waals surface area contributed by atoms with Crippen LogP contribution < -0.4 is 5.32 Å². The molecule has 0 saturated carbocycles. The minimum Gasteiger partial charge on any atom is -0.381 e. The molecule has 0 radical (unpaired) electrons. The van der Waals surface area contributed by atoms with E-state index in [-0.39, 0.29) is 0 Å². The Bertz CT molecular complexity index is 130. The Labute approximate surface area is 88.4 Å². The standard InChI is InChI=1S/C12H25NO/c1-11(2)5-3-4-8-13-12-6-9-14-10-7-12/h11-13H,3-10H2,1-2H3. The number of ether oxygens (including phenoxy) is 1. The minimum atomic E-state index is 0.725. The second-order valence-electron chi connectivity index (χ2n) is 4.73. The first kappa shape index (κ1) is 12.0. The van der Waals surface area contributed by atoms with Gasteiger partial charge in [-0.05, 0) is 31.7 Å². The number of rotatable bonds is 6. The van der Waals surface area contributed by atoms with E-state index in [1.165, 1.54) is 38.6 Å². The van der Waals surface area contributed by atoms with E-state index in [0.717, 1.165) is 25.2 Å². The average molecular weight is 199 g/mol. The first-order valence-electron chi connectivity index (χ1n) is 6.10. The number of hydrogen-bond donors (Lipinski definition) is 1. The van der Waals surface area contributed by atoms with Gasteiger partial charge in [0, 0.05) is 19.3 Å². The van der Waals surface area contributed by atoms with Gasteiger partial charge < -0.3 is 10.1 Å². The number of nitrogens with one attached hydrogen (secondary N) is 1. The molecule has 1 aliphatic heterocycles. The molecule has 1 saturated heterocycles. The summed E-state index contributed by atoms with van der Waals surface area (Å²) in [5, 5.41) is 3.62. The Kier molecular flexibility index (Phi) is 6.20. The van der Waals surface area contributed by atoms with Gasteiger partial charge in [0.15, 0.2) is 0 Å². The van der Waals surface area contributed by atoms with Crippen molar-refractivity contribution in [1.82, 2.24) is 5.32 Å². The van der Waals surface area contributed by atoms with Gasteiger partial charge in [-0.25, -0.2) is 0 Å². The monoisotopic (exact) mass is 199 g/mol. The SMILES string of the molecule is CC(C)CCCCNC1CCOCC1. The van der Waals surface area contributed by atoms with Crippen molar-refractivity contribution in [3.8, 4) is 0 Å². The van der Waals surface area contributed by atoms with Crippen LogP contribution in [0.25, 0.3) is 0 Å². The first-order valence-corrected chi connectivity index (χ1v) is 6.10. The van der Waals surface area contributed by atoms with E-state index in [1.54, 1.807) is 0 Å². The minimum absolute atomic E-state index is 0.725. The largest absolute Gasteiger partial charge is 0.381 e. The molecule has 0 aromatic heterocycles. The van der Waals surface area contributed by atoms with Gasteiger partial charge in [0.1, 0.15) is 0 Å². The summed E-state index contributed by atoms with van der Waals surface area (Å²) >= 11 is 0. The molecular formula is C12H25NO. The van der Waals surface area contributed by atoms with Gasteiger partial charge in [0.2, 0.25) is 0 Å². The lowest BCUT2D eigenvalue weighted by Crippen LogP contribution is -2.35. The van der Waals surface area contributed by atoms with Gasteiger partial charge in [-0.3, -0.25) is 0 Å². The van der Waals surface area contributed by atoms with E-state index in [2.05, 4.69) is 19.2 Å². The fourth-order valence-electron chi connectivity index (χ4n) is 1.89. The van der Waals surface area contributed by atoms with Crippen molar-refractivity contribution in [2.45, 2.75) is 52.0 Å². The quantitative estimate of drug-likeness (QED) is 0.664. The molecule has 0 unspecified atom stereocenters. The smallest absolute Gasteiger partial charge is 0.0480 e. The molecule has 0 atom stereocenters. The van der Waals surface area contributed by atoms with E-state index < -0.39 is 0 Å². The maximum absolute atomic E-state index is 5.32. The van der Waals surface area contributed by atoms with Crippen LogP contribution in [-0.2, 0) is 4.74 Å². The maximum atomic E-state index is 5.32. The third-order valence-electron chi connectivity index (χ3n) is 2.86. The van der Waals surface area contributed by atoms with Gasteiger partial charge in [-0.2, -0.15) is 0 Å². The summed E-state index contributed by atoms with van der Waals surface area (Å²) in [6.07, 6.45) is 6.47. The molecular weight excluding hydrogens is 174 g/mol. The molecule has 14 heavy (non-hydrogen) atoms. The summed E-state index contributed by atoms with van der Waals surface area (Å²) in [5.74, 6) is 0.859. The van der Waals surface area contributed by atoms with Gasteiger partial charge in [0.05, 0.1) is 0 Å². The summed E-state index contributed by atoms with van der Waals surface area (Å²) in [5.41, 5.74) is 0. The third-order valence-corrected chi connectivity index (χ3v) is 2.86. The molecule has 1 heterocycles. The highest BCUT2D eigenvalue weighted by molar-refractivity contribution is 4.69. The number of hydrogen-bond acceptors (Lipinski definition) is 2. The zero-order valence-corrected chi connectivity index (χ0v) is 9.72. The van der Waals surface area contributed by atoms with E-state index >= 15 is 0 Å². The fraction of sp³-hybridized carbons (Fsp3) is 1.00. The maximum Gasteiger partial charge on any atom is 0.0480 e. The number of unbranched alkanes of at least 4 members (excludes halogenated alkanes) is 1. The van der Waals surface area contributed by atoms with Gasteiger partial charge in [-0.1, -0.05) is 26.7 Å². The van der Waals surface area contributed by atoms with Crippen molar-refractivity contribution in [3.63, 3.8) is 0 Å². The molecule has 0 amide bonds. The van der Waals surface area contributed by atoms with Crippen LogP contribution in [-0.4, -0.2) is 25.8 Å². The highest BCUT2D eigenvalue weighted by Gasteiger charge is 2.11. The van der Waals surface area contributed by atoms with Crippen LogP contribution in [0.4, 0.5) is 0 Å². The average Bonchev–Trinajstić information content (AvgIpc) is 2.18. The molecule has 1 N–H and O–H groups in total. The normalized spacial score (nSPS) is 19.1. The molecule has 0 aromatic rings. The first-order chi connectivity index (χ1) is 6.79. The molecule has 2 heteroatoms. The topological polar surface area (TPSA) is 21.3 Å². The molecule has 1 rings (SSSR count). The lowest BCUT2D eigenvalue weighted by Gasteiger charge is -2.23. The lowest BCUT2D eigenvalue weighted by atomic mass is 10.1. The summed E-state index contributed by atoms with van der Waals surface area (Å²) < 4.78 is 5.32. The fourth-order valence-corrected chi connectivity index (χ4v) is 1.89. The van der Waals surface area contributed by atoms with Crippen molar-refractivity contribution in [1.29, 1.82) is 0 Å². The molecule has 0 spiro atoms. The molecule has 2 nitrogen and oxygen atoms in total. The van der Waals surface area contributed by atoms with Crippen molar-refractivity contribution >= 4 is 0 Å². The van der Waals surface area contributed by atoms with E-state index in [4.69, 9.17) is 4.74 Å². The van der Waals surface area contributed by atoms with Crippen LogP contribution in [0, 0.1) is 5.92 Å². The van der Waals surface area contributed by atoms with E-state index in [1.807, 2.05) is 0 Å². The Balaban J connectivity index is 1.87. The summed E-state index contributed by atoms with van der Waals surface area (Å²) in [6, 6.07) is 0.725. The van der Waals surface area contributed by atoms with Gasteiger partial charge >= 0.3 is 0 Å². The molecule has 0 bridgehead atoms. The highest BCUT2D eigenvalue weighted by atomic mass is 16.5. The van der Waals surface area contributed by atoms with Gasteiger partial charge in [-0.15, -0.1) is 0 Å². The summed E-state index contributed by atoms with van der Waals surface area (Å²) in [6.45, 7) is 7.68. The Morgan fingerprint density at radius 1 is 1.21 bits per heavy atom. The predicted octanol–water partition coefficient (Wildman–Crippen LogP) is 2.58. The van der Waals surface area contributed by atoms with Crippen LogP contribution in [0.5, 0.6) is 0 Å². The second-order valence-corrected chi connectivity index (χ2v) is 4.73. The van der Waals surface area contributed by atoms with Crippen LogP contribution >= 0.6 is 0 Å². The molecule has 84 valence electrons. The molecule has 1 fully saturated rings. The van der Waals surface area contributed by atoms with Crippen molar-refractivity contribution in [2.24, 2.45) is 5.92 Å². The Morgan fingerprint density at radius 2 is 1.93 bits per heavy atom. The Morgan fingerprint density at radius 3 is 2.57 bits per heavy atom. The van der Waals surface area contributed by atoms with Crippen LogP contribution in [0.1, 0.15) is 46.0 Å². The molecule has 0 aliphatic carbocycles. The van der Waals surface area contributed by atoms with Crippen molar-refractivity contribution in [2.75, 3.05) is 19.8 Å². The summed E-state index contributed by atoms with van der Waals surface area (Å²) in [4.78, 5) is 0. The second kappa shape index (κ2) is 7.24. The van der Waals surface area contributed by atoms with E-state index in [0.29, 0.717) is 0 Å². The van der Waals surface area contributed by atoms with E-state index in [9.17, 15) is 0 Å². The predicted molar refractivity (Wildman–Crippen MR) is 60.5 cm³/mol. The zero-order chi connectivity index (χ0) is 10.2. The van der Waals surface area contributed by atoms with Crippen LogP contribution in [0.15, 0.2) is 0 Å². The lowest BCUT2D eigenvalue weighted by molar-refractivity contribution is 0.0780. The van der Waals surface area contributed by atoms with Crippen molar-refractivity contribution < 1.29 is 4.74 Å². The molecule has 0 aromatic carbocycles. The Hall–Kier alpha value is -0.0800. The summed E-state index contributed by atoms with van der Waals surface area (Å²) in [7, 11) is 0. The van der Waals surface area contributed by atoms with Crippen LogP contribution in [0.3, 0.4) is 0 Å². The van der Waals surface area contributed by atoms with Crippen molar-refractivity contribution in [3.05, 3.63) is 0 Å². The van der Waals surface area contributed by atoms with Crippen LogP contribution in [0.2, 0.25) is 0 Å². The zero-order valence-electron chi connectivity index (χ0n) is 9.72. The highest BCUT2D eigenvalue weighted by Crippen LogP contribution is 2.08. The third kappa shape index (κ3) is 5.61. The molecule has 1 aliphatic rings.